The molecule has 6 nitrogen and oxygen atoms in total. The SMILES string of the molecule is COCCCNC(=O)c1cccc(C(=O)Nc2ccc(OC)cc2)c1. The Bertz CT molecular complexity index is 714. The Kier molecular flexibility index (Phi) is 6.98. The summed E-state index contributed by atoms with van der Waals surface area (Å²) in [4.78, 5) is 24.5. The lowest BCUT2D eigenvalue weighted by Crippen LogP contribution is -2.25. The van der Waals surface area contributed by atoms with Crippen molar-refractivity contribution in [3.8, 4) is 5.75 Å². The standard InChI is InChI=1S/C19H22N2O4/c1-24-12-4-11-20-18(22)14-5-3-6-15(13-14)19(23)21-16-7-9-17(25-2)10-8-16/h3,5-10,13H,4,11-12H2,1-2H3,(H,20,22)(H,21,23). The highest BCUT2D eigenvalue weighted by atomic mass is 16.5. The van der Waals surface area contributed by atoms with Gasteiger partial charge in [-0.05, 0) is 48.9 Å². The number of nitrogens with one attached hydrogen (secondary N) is 2. The summed E-state index contributed by atoms with van der Waals surface area (Å²) in [6.07, 6.45) is 0.736. The Labute approximate surface area is 147 Å². The van der Waals surface area contributed by atoms with E-state index in [0.717, 1.165) is 6.42 Å². The minimum Gasteiger partial charge on any atom is -0.497 e. The number of ether oxygens (including phenoxy) is 2. The quantitative estimate of drug-likeness (QED) is 0.723. The molecule has 0 radical (unpaired) electrons. The van der Waals surface area contributed by atoms with E-state index in [1.54, 1.807) is 62.8 Å². The maximum atomic E-state index is 12.4. The molecule has 2 aromatic carbocycles. The minimum absolute atomic E-state index is 0.213. The van der Waals surface area contributed by atoms with Gasteiger partial charge in [-0.2, -0.15) is 0 Å². The van der Waals surface area contributed by atoms with Crippen molar-refractivity contribution in [2.75, 3.05) is 32.7 Å². The van der Waals surface area contributed by atoms with Crippen LogP contribution in [0.4, 0.5) is 5.69 Å². The molecule has 2 amide bonds. The number of anilines is 1. The van der Waals surface area contributed by atoms with Crippen LogP contribution in [-0.4, -0.2) is 39.2 Å². The fourth-order valence-corrected chi connectivity index (χ4v) is 2.20. The zero-order chi connectivity index (χ0) is 18.1. The van der Waals surface area contributed by atoms with Gasteiger partial charge in [-0.25, -0.2) is 0 Å². The van der Waals surface area contributed by atoms with Crippen molar-refractivity contribution < 1.29 is 19.1 Å². The number of hydrogen-bond acceptors (Lipinski definition) is 4. The lowest BCUT2D eigenvalue weighted by Gasteiger charge is -2.08. The predicted molar refractivity (Wildman–Crippen MR) is 96.2 cm³/mol. The Balaban J connectivity index is 1.99. The molecule has 0 aromatic heterocycles. The van der Waals surface area contributed by atoms with Crippen LogP contribution in [0, 0.1) is 0 Å². The second-order valence-electron chi connectivity index (χ2n) is 5.37. The highest BCUT2D eigenvalue weighted by molar-refractivity contribution is 6.06. The van der Waals surface area contributed by atoms with Crippen LogP contribution >= 0.6 is 0 Å². The fraction of sp³-hybridized carbons (Fsp3) is 0.263. The molecule has 0 atom stereocenters. The first-order chi connectivity index (χ1) is 12.1. The van der Waals surface area contributed by atoms with E-state index in [1.165, 1.54) is 0 Å². The molecule has 2 rings (SSSR count). The first-order valence-electron chi connectivity index (χ1n) is 7.96. The smallest absolute Gasteiger partial charge is 0.255 e. The van der Waals surface area contributed by atoms with Crippen molar-refractivity contribution >= 4 is 17.5 Å². The molecule has 0 spiro atoms. The average molecular weight is 342 g/mol. The first-order valence-corrected chi connectivity index (χ1v) is 7.96. The number of rotatable bonds is 8. The number of methoxy groups -OCH3 is 2. The van der Waals surface area contributed by atoms with Gasteiger partial charge in [0.15, 0.2) is 0 Å². The molecular weight excluding hydrogens is 320 g/mol. The third-order valence-corrected chi connectivity index (χ3v) is 3.55. The molecule has 0 fully saturated rings. The zero-order valence-corrected chi connectivity index (χ0v) is 14.4. The van der Waals surface area contributed by atoms with Crippen LogP contribution in [0.5, 0.6) is 5.75 Å². The summed E-state index contributed by atoms with van der Waals surface area (Å²) in [7, 11) is 3.20. The van der Waals surface area contributed by atoms with E-state index >= 15 is 0 Å². The molecule has 25 heavy (non-hydrogen) atoms. The van der Waals surface area contributed by atoms with Gasteiger partial charge in [0.25, 0.3) is 11.8 Å². The molecule has 0 bridgehead atoms. The molecule has 0 aliphatic rings. The van der Waals surface area contributed by atoms with Gasteiger partial charge in [-0.15, -0.1) is 0 Å². The second-order valence-corrected chi connectivity index (χ2v) is 5.37. The number of hydrogen-bond donors (Lipinski definition) is 2. The van der Waals surface area contributed by atoms with Crippen LogP contribution in [0.3, 0.4) is 0 Å². The molecular formula is C19H22N2O4. The van der Waals surface area contributed by atoms with E-state index in [2.05, 4.69) is 10.6 Å². The van der Waals surface area contributed by atoms with E-state index in [4.69, 9.17) is 9.47 Å². The highest BCUT2D eigenvalue weighted by Gasteiger charge is 2.10. The van der Waals surface area contributed by atoms with Gasteiger partial charge in [0.2, 0.25) is 0 Å². The fourth-order valence-electron chi connectivity index (χ4n) is 2.20. The maximum Gasteiger partial charge on any atom is 0.255 e. The monoisotopic (exact) mass is 342 g/mol. The van der Waals surface area contributed by atoms with E-state index < -0.39 is 0 Å². The van der Waals surface area contributed by atoms with Crippen molar-refractivity contribution in [2.24, 2.45) is 0 Å². The van der Waals surface area contributed by atoms with Gasteiger partial charge in [0.05, 0.1) is 7.11 Å². The molecule has 0 saturated carbocycles. The summed E-state index contributed by atoms with van der Waals surface area (Å²) in [6, 6.07) is 13.6. The van der Waals surface area contributed by atoms with Gasteiger partial charge in [0.1, 0.15) is 5.75 Å². The second kappa shape index (κ2) is 9.44. The van der Waals surface area contributed by atoms with Crippen LogP contribution in [0.1, 0.15) is 27.1 Å². The van der Waals surface area contributed by atoms with Crippen LogP contribution in [0.15, 0.2) is 48.5 Å². The average Bonchev–Trinajstić information content (AvgIpc) is 2.65. The summed E-state index contributed by atoms with van der Waals surface area (Å²) < 4.78 is 10.0. The van der Waals surface area contributed by atoms with Gasteiger partial charge < -0.3 is 20.1 Å². The predicted octanol–water partition coefficient (Wildman–Crippen LogP) is 2.71. The van der Waals surface area contributed by atoms with Gasteiger partial charge in [-0.3, -0.25) is 9.59 Å². The molecule has 2 N–H and O–H groups in total. The van der Waals surface area contributed by atoms with E-state index in [1.807, 2.05) is 0 Å². The molecule has 0 aliphatic heterocycles. The minimum atomic E-state index is -0.279. The maximum absolute atomic E-state index is 12.4. The van der Waals surface area contributed by atoms with Gasteiger partial charge in [0, 0.05) is 37.1 Å². The third-order valence-electron chi connectivity index (χ3n) is 3.55. The molecule has 0 aliphatic carbocycles. The zero-order valence-electron chi connectivity index (χ0n) is 14.4. The Hall–Kier alpha value is -2.86. The van der Waals surface area contributed by atoms with Gasteiger partial charge >= 0.3 is 0 Å². The van der Waals surface area contributed by atoms with Crippen LogP contribution in [0.25, 0.3) is 0 Å². The first kappa shape index (κ1) is 18.5. The normalized spacial score (nSPS) is 10.2. The Morgan fingerprint density at radius 1 is 0.960 bits per heavy atom. The molecule has 0 unspecified atom stereocenters. The largest absolute Gasteiger partial charge is 0.497 e. The van der Waals surface area contributed by atoms with Crippen molar-refractivity contribution in [1.29, 1.82) is 0 Å². The molecule has 0 heterocycles. The van der Waals surface area contributed by atoms with Crippen molar-refractivity contribution in [3.63, 3.8) is 0 Å². The van der Waals surface area contributed by atoms with Crippen LogP contribution < -0.4 is 15.4 Å². The third kappa shape index (κ3) is 5.61. The van der Waals surface area contributed by atoms with Crippen molar-refractivity contribution in [1.82, 2.24) is 5.32 Å². The molecule has 132 valence electrons. The lowest BCUT2D eigenvalue weighted by atomic mass is 10.1. The topological polar surface area (TPSA) is 76.7 Å². The number of carbonyl (C=O) groups excluding carboxylic acids is 2. The van der Waals surface area contributed by atoms with Crippen LogP contribution in [-0.2, 0) is 4.74 Å². The lowest BCUT2D eigenvalue weighted by molar-refractivity contribution is 0.0948. The summed E-state index contributed by atoms with van der Waals surface area (Å²) in [5, 5.41) is 5.59. The molecule has 6 heteroatoms. The summed E-state index contributed by atoms with van der Waals surface area (Å²) >= 11 is 0. The van der Waals surface area contributed by atoms with Gasteiger partial charge in [-0.1, -0.05) is 6.07 Å². The Morgan fingerprint density at radius 3 is 2.28 bits per heavy atom. The van der Waals surface area contributed by atoms with Crippen molar-refractivity contribution in [3.05, 3.63) is 59.7 Å². The summed E-state index contributed by atoms with van der Waals surface area (Å²) in [6.45, 7) is 1.11. The Morgan fingerprint density at radius 2 is 1.64 bits per heavy atom. The number of carbonyl (C=O) groups is 2. The summed E-state index contributed by atoms with van der Waals surface area (Å²) in [5.41, 5.74) is 1.51. The van der Waals surface area contributed by atoms with Crippen molar-refractivity contribution in [2.45, 2.75) is 6.42 Å². The summed E-state index contributed by atoms with van der Waals surface area (Å²) in [5.74, 6) is 0.222. The highest BCUT2D eigenvalue weighted by Crippen LogP contribution is 2.16. The van der Waals surface area contributed by atoms with E-state index in [-0.39, 0.29) is 11.8 Å². The molecule has 2 aromatic rings. The van der Waals surface area contributed by atoms with E-state index in [0.29, 0.717) is 35.7 Å². The number of benzene rings is 2. The molecule has 0 saturated heterocycles. The van der Waals surface area contributed by atoms with Crippen LogP contribution in [0.2, 0.25) is 0 Å². The number of amides is 2. The van der Waals surface area contributed by atoms with E-state index in [9.17, 15) is 9.59 Å².